The number of alkyl halides is 1. The summed E-state index contributed by atoms with van der Waals surface area (Å²) in [6.07, 6.45) is 9.74. The number of pyridine rings is 2. The van der Waals surface area contributed by atoms with Crippen LogP contribution in [0.4, 0.5) is 0 Å². The van der Waals surface area contributed by atoms with Gasteiger partial charge in [-0.15, -0.1) is 12.4 Å². The van der Waals surface area contributed by atoms with E-state index in [-0.39, 0.29) is 12.4 Å². The maximum absolute atomic E-state index is 6.03. The second-order valence-corrected chi connectivity index (χ2v) is 10.1. The molecule has 192 valence electrons. The number of thioether (sulfide) groups is 1. The highest BCUT2D eigenvalue weighted by Crippen LogP contribution is 2.29. The van der Waals surface area contributed by atoms with Crippen molar-refractivity contribution in [2.75, 3.05) is 0 Å². The van der Waals surface area contributed by atoms with E-state index >= 15 is 0 Å². The van der Waals surface area contributed by atoms with Gasteiger partial charge in [0.15, 0.2) is 9.93 Å². The van der Waals surface area contributed by atoms with Crippen molar-refractivity contribution in [2.45, 2.75) is 30.1 Å². The second kappa shape index (κ2) is 17.5. The zero-order valence-electron chi connectivity index (χ0n) is 18.9. The topological polar surface area (TPSA) is 80.2 Å². The van der Waals surface area contributed by atoms with E-state index in [1.807, 2.05) is 26.0 Å². The molecular formula is C22H20BrCl5N6S2. The number of nitrogens with one attached hydrogen (secondary N) is 1. The molecule has 0 bridgehead atoms. The van der Waals surface area contributed by atoms with Crippen LogP contribution in [0.5, 0.6) is 0 Å². The van der Waals surface area contributed by atoms with Gasteiger partial charge in [-0.2, -0.15) is 0 Å². The first-order valence-electron chi connectivity index (χ1n) is 9.77. The minimum atomic E-state index is 0. The summed E-state index contributed by atoms with van der Waals surface area (Å²) in [6.45, 7) is 3.87. The summed E-state index contributed by atoms with van der Waals surface area (Å²) in [6, 6.07) is 3.73. The summed E-state index contributed by atoms with van der Waals surface area (Å²) < 4.78 is 0.546. The highest BCUT2D eigenvalue weighted by Gasteiger charge is 2.08. The van der Waals surface area contributed by atoms with Gasteiger partial charge in [0.25, 0.3) is 0 Å². The average molecular weight is 690 g/mol. The molecule has 0 aliphatic rings. The minimum absolute atomic E-state index is 0. The van der Waals surface area contributed by atoms with Crippen LogP contribution < -0.4 is 0 Å². The predicted octanol–water partition coefficient (Wildman–Crippen LogP) is 8.93. The molecule has 4 rings (SSSR count). The fraction of sp³-hybridized carbons (Fsp3) is 0.182. The van der Waals surface area contributed by atoms with Gasteiger partial charge in [0.1, 0.15) is 0 Å². The van der Waals surface area contributed by atoms with Crippen LogP contribution in [0.3, 0.4) is 0 Å². The lowest BCUT2D eigenvalue weighted by Crippen LogP contribution is -1.91. The average Bonchev–Trinajstić information content (AvgIpc) is 2.80. The van der Waals surface area contributed by atoms with E-state index in [2.05, 4.69) is 45.8 Å². The molecule has 0 aromatic carbocycles. The van der Waals surface area contributed by atoms with E-state index in [0.717, 1.165) is 22.5 Å². The Kier molecular flexibility index (Phi) is 16.0. The number of hydrogen-bond donors (Lipinski definition) is 1. The normalized spacial score (nSPS) is 9.75. The van der Waals surface area contributed by atoms with Crippen molar-refractivity contribution < 1.29 is 0 Å². The molecule has 0 spiro atoms. The Morgan fingerprint density at radius 2 is 1.39 bits per heavy atom. The third kappa shape index (κ3) is 11.6. The number of aromatic amines is 1. The van der Waals surface area contributed by atoms with Gasteiger partial charge in [-0.3, -0.25) is 9.97 Å². The Morgan fingerprint density at radius 3 is 1.81 bits per heavy atom. The molecule has 4 heterocycles. The van der Waals surface area contributed by atoms with Crippen molar-refractivity contribution in [3.8, 4) is 0 Å². The number of rotatable bonds is 4. The first kappa shape index (κ1) is 33.0. The quantitative estimate of drug-likeness (QED) is 0.0992. The molecule has 36 heavy (non-hydrogen) atoms. The number of hydrogen-bond acceptors (Lipinski definition) is 7. The SMILES string of the molecule is Cc1ccnc(=S)[nH]1.Cc1ccnc(SCc2c(Cl)cncc2Cl)n1.Cl.Clc1cncc(Cl)c1CBr. The van der Waals surface area contributed by atoms with Crippen molar-refractivity contribution in [2.24, 2.45) is 0 Å². The summed E-state index contributed by atoms with van der Waals surface area (Å²) in [5.41, 5.74) is 3.73. The van der Waals surface area contributed by atoms with Crippen LogP contribution in [0.25, 0.3) is 0 Å². The summed E-state index contributed by atoms with van der Waals surface area (Å²) in [4.78, 5) is 22.9. The zero-order chi connectivity index (χ0) is 25.8. The Bertz CT molecular complexity index is 1270. The smallest absolute Gasteiger partial charge is 0.196 e. The molecule has 0 fully saturated rings. The lowest BCUT2D eigenvalue weighted by atomic mass is 10.3. The molecule has 0 saturated carbocycles. The van der Waals surface area contributed by atoms with Crippen molar-refractivity contribution >= 4 is 98.7 Å². The molecule has 1 N–H and O–H groups in total. The Morgan fingerprint density at radius 1 is 0.861 bits per heavy atom. The van der Waals surface area contributed by atoms with E-state index < -0.39 is 0 Å². The molecule has 0 amide bonds. The summed E-state index contributed by atoms with van der Waals surface area (Å²) in [5.74, 6) is 0.629. The van der Waals surface area contributed by atoms with Crippen LogP contribution in [0.2, 0.25) is 20.1 Å². The van der Waals surface area contributed by atoms with Crippen LogP contribution >= 0.6 is 98.7 Å². The van der Waals surface area contributed by atoms with E-state index in [1.54, 1.807) is 37.2 Å². The fourth-order valence-electron chi connectivity index (χ4n) is 2.23. The first-order valence-corrected chi connectivity index (χ1v) is 13.8. The lowest BCUT2D eigenvalue weighted by Gasteiger charge is -2.05. The number of aromatic nitrogens is 6. The summed E-state index contributed by atoms with van der Waals surface area (Å²) in [5, 5.41) is 3.71. The molecular weight excluding hydrogens is 670 g/mol. The van der Waals surface area contributed by atoms with Crippen molar-refractivity contribution in [3.05, 3.63) is 96.7 Å². The molecule has 14 heteroatoms. The summed E-state index contributed by atoms with van der Waals surface area (Å²) >= 11 is 33.0. The number of nitrogens with zero attached hydrogens (tertiary/aromatic N) is 5. The minimum Gasteiger partial charge on any atom is -0.335 e. The third-order valence-electron chi connectivity index (χ3n) is 3.98. The predicted molar refractivity (Wildman–Crippen MR) is 159 cm³/mol. The standard InChI is InChI=1S/C11H9Cl2N3S.C6H4BrCl2N.C5H6N2S.ClH/c1-7-2-3-15-11(16-7)17-6-8-9(12)4-14-5-10(8)13;7-1-4-5(8)2-10-3-6(4)9;1-4-2-3-6-5(8)7-4;/h2-5H,6H2,1H3;2-3H,1H2;2-3H,1H3,(H,6,7,8);1H. The molecule has 6 nitrogen and oxygen atoms in total. The molecule has 0 radical (unpaired) electrons. The van der Waals surface area contributed by atoms with Crippen LogP contribution in [0.15, 0.2) is 54.5 Å². The van der Waals surface area contributed by atoms with E-state index in [1.165, 1.54) is 11.8 Å². The van der Waals surface area contributed by atoms with Gasteiger partial charge in [0.2, 0.25) is 0 Å². The van der Waals surface area contributed by atoms with Gasteiger partial charge >= 0.3 is 0 Å². The monoisotopic (exact) mass is 686 g/mol. The molecule has 0 aliphatic heterocycles. The first-order chi connectivity index (χ1) is 16.7. The van der Waals surface area contributed by atoms with Gasteiger partial charge in [0.05, 0.1) is 20.1 Å². The van der Waals surface area contributed by atoms with Crippen molar-refractivity contribution in [1.82, 2.24) is 29.9 Å². The van der Waals surface area contributed by atoms with Gasteiger partial charge < -0.3 is 4.98 Å². The highest BCUT2D eigenvalue weighted by atomic mass is 79.9. The molecule has 4 aromatic rings. The fourth-order valence-corrected chi connectivity index (χ4v) is 5.47. The Balaban J connectivity index is 0.000000291. The maximum Gasteiger partial charge on any atom is 0.196 e. The number of halogens is 6. The maximum atomic E-state index is 6.03. The van der Waals surface area contributed by atoms with Crippen molar-refractivity contribution in [3.63, 3.8) is 0 Å². The molecule has 0 aliphatic carbocycles. The molecule has 0 unspecified atom stereocenters. The van der Waals surface area contributed by atoms with Gasteiger partial charge in [-0.25, -0.2) is 15.0 Å². The largest absolute Gasteiger partial charge is 0.335 e. The summed E-state index contributed by atoms with van der Waals surface area (Å²) in [7, 11) is 0. The number of H-pyrrole nitrogens is 1. The van der Waals surface area contributed by atoms with Crippen LogP contribution in [0, 0.1) is 18.6 Å². The van der Waals surface area contributed by atoms with Crippen LogP contribution in [-0.4, -0.2) is 29.9 Å². The zero-order valence-corrected chi connectivity index (χ0v) is 25.9. The van der Waals surface area contributed by atoms with Crippen LogP contribution in [0.1, 0.15) is 22.5 Å². The molecule has 0 saturated heterocycles. The Hall–Kier alpha value is -1.04. The van der Waals surface area contributed by atoms with E-state index in [4.69, 9.17) is 58.6 Å². The lowest BCUT2D eigenvalue weighted by molar-refractivity contribution is 0.932. The number of aryl methyl sites for hydroxylation is 2. The second-order valence-electron chi connectivity index (χ2n) is 6.62. The molecule has 4 aromatic heterocycles. The van der Waals surface area contributed by atoms with Gasteiger partial charge in [-0.1, -0.05) is 74.1 Å². The highest BCUT2D eigenvalue weighted by molar-refractivity contribution is 9.08. The van der Waals surface area contributed by atoms with E-state index in [0.29, 0.717) is 41.1 Å². The Labute approximate surface area is 253 Å². The van der Waals surface area contributed by atoms with E-state index in [9.17, 15) is 0 Å². The van der Waals surface area contributed by atoms with Crippen LogP contribution in [-0.2, 0) is 11.1 Å². The van der Waals surface area contributed by atoms with Gasteiger partial charge in [-0.05, 0) is 38.2 Å². The third-order valence-corrected chi connectivity index (χ3v) is 6.94. The van der Waals surface area contributed by atoms with Gasteiger partial charge in [0, 0.05) is 70.8 Å². The van der Waals surface area contributed by atoms with Crippen molar-refractivity contribution in [1.29, 1.82) is 0 Å². The molecule has 0 atom stereocenters.